The van der Waals surface area contributed by atoms with Crippen molar-refractivity contribution in [3.8, 4) is 0 Å². The van der Waals surface area contributed by atoms with Crippen LogP contribution in [0.2, 0.25) is 0 Å². The molecule has 73 valence electrons. The van der Waals surface area contributed by atoms with Gasteiger partial charge < -0.3 is 30.5 Å². The molecule has 0 aromatic rings. The van der Waals surface area contributed by atoms with Crippen molar-refractivity contribution in [3.05, 3.63) is 0 Å². The van der Waals surface area contributed by atoms with Crippen molar-refractivity contribution >= 4 is 0 Å². The van der Waals surface area contributed by atoms with Crippen molar-refractivity contribution in [2.24, 2.45) is 28.9 Å². The first kappa shape index (κ1) is 22.6. The van der Waals surface area contributed by atoms with E-state index in [4.69, 9.17) is 28.9 Å². The first-order chi connectivity index (χ1) is 3.50. The summed E-state index contributed by atoms with van der Waals surface area (Å²) in [5.74, 6) is 8.63. The third-order valence-electron chi connectivity index (χ3n) is 0.808. The van der Waals surface area contributed by atoms with E-state index < -0.39 is 5.79 Å². The number of hydrazine groups is 2. The average Bonchev–Trinajstić information content (AvgIpc) is 1.67. The van der Waals surface area contributed by atoms with Gasteiger partial charge in [-0.1, -0.05) is 0 Å². The second kappa shape index (κ2) is 8.94. The maximum Gasteiger partial charge on any atom is 2.00 e. The van der Waals surface area contributed by atoms with Crippen molar-refractivity contribution in [3.63, 3.8) is 0 Å². The molecule has 0 amide bonds. The molecule has 9 heteroatoms. The molecule has 0 heterocycles. The molecule has 0 saturated carbocycles. The summed E-state index contributed by atoms with van der Waals surface area (Å²) in [5, 5.41) is 0.674. The molecular weight excluding hydrogens is 238 g/mol. The number of hydrogen-bond acceptors (Lipinski definition) is 6. The summed E-state index contributed by atoms with van der Waals surface area (Å²) in [6.07, 6.45) is 0. The summed E-state index contributed by atoms with van der Waals surface area (Å²) < 4.78 is 0. The van der Waals surface area contributed by atoms with Gasteiger partial charge in [-0.05, 0) is 0 Å². The number of nitrogens with two attached hydrogens (primary N) is 5. The maximum absolute atomic E-state index is 5.19. The summed E-state index contributed by atoms with van der Waals surface area (Å²) in [6.45, 7) is 0.0139. The van der Waals surface area contributed by atoms with E-state index in [0.717, 1.165) is 0 Å². The second-order valence-corrected chi connectivity index (χ2v) is 1.60. The molecule has 0 aromatic carbocycles. The minimum atomic E-state index is -1.29. The molecule has 0 spiro atoms. The Bertz CT molecular complexity index is 79.0. The Labute approximate surface area is 88.1 Å². The van der Waals surface area contributed by atoms with Gasteiger partial charge in [-0.15, -0.1) is 5.12 Å². The van der Waals surface area contributed by atoms with Crippen LogP contribution in [0.3, 0.4) is 0 Å². The van der Waals surface area contributed by atoms with Crippen LogP contribution >= 0.6 is 0 Å². The van der Waals surface area contributed by atoms with E-state index in [0.29, 0.717) is 5.12 Å². The monoisotopic (exact) mass is 249 g/mol. The van der Waals surface area contributed by atoms with Crippen LogP contribution in [0, 0.1) is 0 Å². The summed E-state index contributed by atoms with van der Waals surface area (Å²) in [5.41, 5.74) is 15.4. The van der Waals surface area contributed by atoms with Crippen molar-refractivity contribution in [1.29, 1.82) is 0 Å². The topological polar surface area (TPSA) is 133 Å². The Morgan fingerprint density at radius 2 is 1.36 bits per heavy atom. The maximum atomic E-state index is 5.19. The van der Waals surface area contributed by atoms with Gasteiger partial charge in [0.2, 0.25) is 0 Å². The van der Waals surface area contributed by atoms with Crippen LogP contribution in [0.1, 0.15) is 0 Å². The van der Waals surface area contributed by atoms with E-state index in [1.54, 1.807) is 0 Å². The average molecular weight is 250 g/mol. The molecule has 0 aliphatic rings. The van der Waals surface area contributed by atoms with Gasteiger partial charge in [0.1, 0.15) is 0 Å². The Morgan fingerprint density at radius 3 is 1.36 bits per heavy atom. The van der Waals surface area contributed by atoms with E-state index in [9.17, 15) is 0 Å². The first-order valence-corrected chi connectivity index (χ1v) is 2.08. The van der Waals surface area contributed by atoms with Crippen LogP contribution in [0.25, 0.3) is 0 Å². The van der Waals surface area contributed by atoms with Crippen LogP contribution in [0.4, 0.5) is 0 Å². The third-order valence-corrected chi connectivity index (χ3v) is 0.808. The van der Waals surface area contributed by atoms with Gasteiger partial charge >= 0.3 is 16.8 Å². The van der Waals surface area contributed by atoms with Gasteiger partial charge in [-0.2, -0.15) is 0 Å². The molecule has 6 nitrogen and oxygen atoms in total. The summed E-state index contributed by atoms with van der Waals surface area (Å²) in [4.78, 5) is 0. The second-order valence-electron chi connectivity index (χ2n) is 1.60. The van der Waals surface area contributed by atoms with E-state index in [1.165, 1.54) is 0 Å². The molecule has 0 aromatic heterocycles. The smallest absolute Gasteiger partial charge is 1.00 e. The predicted molar refractivity (Wildman–Crippen MR) is 30.4 cm³/mol. The predicted octanol–water partition coefficient (Wildman–Crippen LogP) is -9.43. The van der Waals surface area contributed by atoms with Gasteiger partial charge in [0.25, 0.3) is 0 Å². The van der Waals surface area contributed by atoms with Crippen molar-refractivity contribution in [2.75, 3.05) is 6.54 Å². The fourth-order valence-corrected chi connectivity index (χ4v) is 0.105. The standard InChI is InChI=1S/C2H12N6.2ClH.Co/c3-1-2(4,5)8(6)7;;;/h1,3-7H2;2*1H;/q;;;+2/p-2. The van der Waals surface area contributed by atoms with Crippen LogP contribution in [-0.2, 0) is 16.8 Å². The Kier molecular flexibility index (Phi) is 18.4. The van der Waals surface area contributed by atoms with Gasteiger partial charge in [0.05, 0.1) is 0 Å². The molecule has 0 rings (SSSR count). The van der Waals surface area contributed by atoms with E-state index in [1.807, 2.05) is 0 Å². The fraction of sp³-hybridized carbons (Fsp3) is 1.00. The minimum Gasteiger partial charge on any atom is -1.00 e. The molecule has 10 N–H and O–H groups in total. The molecule has 1 radical (unpaired) electrons. The Hall–Kier alpha value is 0.846. The zero-order chi connectivity index (χ0) is 6.78. The van der Waals surface area contributed by atoms with Crippen molar-refractivity contribution in [2.45, 2.75) is 5.79 Å². The van der Waals surface area contributed by atoms with E-state index in [-0.39, 0.29) is 48.1 Å². The van der Waals surface area contributed by atoms with Crippen LogP contribution < -0.4 is 53.7 Å². The van der Waals surface area contributed by atoms with Crippen molar-refractivity contribution in [1.82, 2.24) is 5.12 Å². The first-order valence-electron chi connectivity index (χ1n) is 2.08. The zero-order valence-corrected chi connectivity index (χ0v) is 8.18. The van der Waals surface area contributed by atoms with Crippen LogP contribution in [0.5, 0.6) is 0 Å². The largest absolute Gasteiger partial charge is 2.00 e. The Balaban J connectivity index is -0.0000000817. The SMILES string of the molecule is NCC(N)(N)N(N)N.[Cl-].[Cl-].[Co+2]. The number of halogens is 2. The molecule has 11 heavy (non-hydrogen) atoms. The molecule has 0 fully saturated rings. The number of hydrogen-bond donors (Lipinski definition) is 5. The minimum absolute atomic E-state index is 0. The molecule has 0 saturated heterocycles. The van der Waals surface area contributed by atoms with Crippen LogP contribution in [-0.4, -0.2) is 17.4 Å². The normalized spacial score (nSPS) is 9.27. The zero-order valence-electron chi connectivity index (χ0n) is 5.63. The molecule has 0 aliphatic carbocycles. The molecule has 0 aliphatic heterocycles. The Morgan fingerprint density at radius 1 is 1.09 bits per heavy atom. The van der Waals surface area contributed by atoms with Crippen LogP contribution in [0.15, 0.2) is 0 Å². The molecule has 0 atom stereocenters. The molecule has 0 unspecified atom stereocenters. The molecular formula is C2H12Cl2CoN6. The van der Waals surface area contributed by atoms with Gasteiger partial charge in [-0.3, -0.25) is 23.2 Å². The third kappa shape index (κ3) is 8.76. The van der Waals surface area contributed by atoms with Crippen molar-refractivity contribution < 1.29 is 41.6 Å². The quantitative estimate of drug-likeness (QED) is 0.188. The van der Waals surface area contributed by atoms with Gasteiger partial charge in [-0.25, -0.2) is 0 Å². The summed E-state index contributed by atoms with van der Waals surface area (Å²) >= 11 is 0. The summed E-state index contributed by atoms with van der Waals surface area (Å²) in [6, 6.07) is 0. The van der Waals surface area contributed by atoms with Gasteiger partial charge in [0, 0.05) is 6.54 Å². The van der Waals surface area contributed by atoms with E-state index in [2.05, 4.69) is 0 Å². The van der Waals surface area contributed by atoms with E-state index >= 15 is 0 Å². The fourth-order valence-electron chi connectivity index (χ4n) is 0.105. The summed E-state index contributed by atoms with van der Waals surface area (Å²) in [7, 11) is 0. The van der Waals surface area contributed by atoms with Gasteiger partial charge in [0.15, 0.2) is 5.79 Å². The molecule has 0 bridgehead atoms. The number of rotatable bonds is 2. The number of nitrogens with zero attached hydrogens (tertiary/aromatic N) is 1.